The first-order chi connectivity index (χ1) is 2.91. The second kappa shape index (κ2) is 43.1. The van der Waals surface area contributed by atoms with Crippen LogP contribution in [-0.2, 0) is 23.6 Å². The van der Waals surface area contributed by atoms with Gasteiger partial charge in [0.15, 0.2) is 0 Å². The largest absolute Gasteiger partial charge is 0.0776 e. The van der Waals surface area contributed by atoms with Crippen molar-refractivity contribution >= 4 is 37.7 Å². The van der Waals surface area contributed by atoms with Crippen molar-refractivity contribution in [2.75, 3.05) is 0 Å². The Morgan fingerprint density at radius 1 is 0.875 bits per heavy atom. The van der Waals surface area contributed by atoms with Gasteiger partial charge in [-0.1, -0.05) is 28.7 Å². The van der Waals surface area contributed by atoms with Gasteiger partial charge in [0, 0.05) is 14.1 Å². The molecule has 0 rings (SSSR count). The molecule has 0 aliphatic rings. The van der Waals surface area contributed by atoms with Gasteiger partial charge in [-0.05, 0) is 23.6 Å². The fraction of sp³-hybridized carbons (Fsp3) is 1.00. The first kappa shape index (κ1) is 23.0. The van der Waals surface area contributed by atoms with Crippen molar-refractivity contribution in [1.82, 2.24) is 0 Å². The molecular formula is C4H14P2S2. The lowest BCUT2D eigenvalue weighted by molar-refractivity contribution is 1.50. The predicted molar refractivity (Wildman–Crippen MR) is 53.4 cm³/mol. The van der Waals surface area contributed by atoms with E-state index in [2.05, 4.69) is 23.6 Å². The number of hydrogen-bond acceptors (Lipinski definition) is 2. The van der Waals surface area contributed by atoms with E-state index in [4.69, 9.17) is 0 Å². The Balaban J connectivity index is -0.0000000183. The van der Waals surface area contributed by atoms with E-state index in [0.717, 1.165) is 14.1 Å². The van der Waals surface area contributed by atoms with Crippen molar-refractivity contribution in [1.29, 1.82) is 0 Å². The number of rotatable bonds is 1. The molecule has 0 spiro atoms. The zero-order valence-electron chi connectivity index (χ0n) is 3.71. The van der Waals surface area contributed by atoms with Gasteiger partial charge in [0.1, 0.15) is 0 Å². The van der Waals surface area contributed by atoms with Crippen LogP contribution in [0.15, 0.2) is 0 Å². The Morgan fingerprint density at radius 3 is 1.00 bits per heavy atom. The standard InChI is InChI=1S/C2H6.2CH4.P2S2/c1-2;;;3-1-2-4/h1-2H3;2*1H4;. The summed E-state index contributed by atoms with van der Waals surface area (Å²) in [4.78, 5) is 0. The smallest absolute Gasteiger partial charge is 0.0464 e. The molecule has 0 aromatic heterocycles. The molecule has 0 amide bonds. The Labute approximate surface area is 66.6 Å². The van der Waals surface area contributed by atoms with Crippen LogP contribution in [0.2, 0.25) is 0 Å². The van der Waals surface area contributed by atoms with Crippen molar-refractivity contribution in [3.8, 4) is 0 Å². The molecular weight excluding hydrogens is 174 g/mol. The summed E-state index contributed by atoms with van der Waals surface area (Å²) in [6.45, 7) is 4.00. The highest BCUT2D eigenvalue weighted by Gasteiger charge is 1.39. The first-order valence-corrected chi connectivity index (χ1v) is 6.09. The van der Waals surface area contributed by atoms with Crippen LogP contribution in [0.5, 0.6) is 0 Å². The third-order valence-electron chi connectivity index (χ3n) is 0.0333. The summed E-state index contributed by atoms with van der Waals surface area (Å²) in [5, 5.41) is 0. The fourth-order valence-corrected chi connectivity index (χ4v) is 0. The lowest BCUT2D eigenvalue weighted by Gasteiger charge is -1.34. The highest BCUT2D eigenvalue weighted by molar-refractivity contribution is 8.40. The van der Waals surface area contributed by atoms with Gasteiger partial charge in [-0.3, -0.25) is 0 Å². The fourth-order valence-electron chi connectivity index (χ4n) is 0. The summed E-state index contributed by atoms with van der Waals surface area (Å²) in [6, 6.07) is 0. The van der Waals surface area contributed by atoms with Gasteiger partial charge >= 0.3 is 0 Å². The lowest BCUT2D eigenvalue weighted by Crippen LogP contribution is -0.856. The molecule has 0 bridgehead atoms. The van der Waals surface area contributed by atoms with Crippen LogP contribution in [-0.4, -0.2) is 0 Å². The second-order valence-corrected chi connectivity index (χ2v) is 4.41. The van der Waals surface area contributed by atoms with Gasteiger partial charge < -0.3 is 0 Å². The average molecular weight is 188 g/mol. The van der Waals surface area contributed by atoms with Crippen LogP contribution >= 0.6 is 14.1 Å². The lowest BCUT2D eigenvalue weighted by atomic mass is 11.0. The zero-order chi connectivity index (χ0) is 5.41. The Bertz CT molecular complexity index is 33.0. The SMILES string of the molecule is C.C.CC.S=PP=S. The molecule has 0 nitrogen and oxygen atoms in total. The third-order valence-corrected chi connectivity index (χ3v) is 2.70. The maximum atomic E-state index is 4.41. The Hall–Kier alpha value is 1.04. The van der Waals surface area contributed by atoms with Gasteiger partial charge in [0.05, 0.1) is 0 Å². The molecule has 0 heterocycles. The van der Waals surface area contributed by atoms with E-state index in [1.807, 2.05) is 13.8 Å². The van der Waals surface area contributed by atoms with Gasteiger partial charge in [-0.15, -0.1) is 0 Å². The minimum Gasteiger partial charge on any atom is -0.0776 e. The van der Waals surface area contributed by atoms with Crippen LogP contribution in [0, 0.1) is 0 Å². The van der Waals surface area contributed by atoms with Crippen LogP contribution in [0.4, 0.5) is 0 Å². The van der Waals surface area contributed by atoms with Crippen molar-refractivity contribution < 1.29 is 0 Å². The maximum absolute atomic E-state index is 4.41. The van der Waals surface area contributed by atoms with Crippen molar-refractivity contribution in [3.05, 3.63) is 0 Å². The summed E-state index contributed by atoms with van der Waals surface area (Å²) in [7, 11) is 1.74. The monoisotopic (exact) mass is 188 g/mol. The summed E-state index contributed by atoms with van der Waals surface area (Å²) < 4.78 is 0. The molecule has 52 valence electrons. The normalized spacial score (nSPS) is 5.25. The summed E-state index contributed by atoms with van der Waals surface area (Å²) in [5.41, 5.74) is 0. The third kappa shape index (κ3) is 61.7. The van der Waals surface area contributed by atoms with Gasteiger partial charge in [0.25, 0.3) is 0 Å². The molecule has 0 aliphatic heterocycles. The van der Waals surface area contributed by atoms with E-state index >= 15 is 0 Å². The maximum Gasteiger partial charge on any atom is 0.0464 e. The molecule has 0 saturated carbocycles. The minimum absolute atomic E-state index is 0. The van der Waals surface area contributed by atoms with Gasteiger partial charge in [0.2, 0.25) is 0 Å². The minimum atomic E-state index is 0. The average Bonchev–Trinajstić information content (AvgIpc) is 1.72. The van der Waals surface area contributed by atoms with E-state index in [1.165, 1.54) is 0 Å². The molecule has 4 heteroatoms. The van der Waals surface area contributed by atoms with Crippen molar-refractivity contribution in [2.45, 2.75) is 28.7 Å². The molecule has 0 fully saturated rings. The molecule has 0 N–H and O–H groups in total. The van der Waals surface area contributed by atoms with Crippen molar-refractivity contribution in [3.63, 3.8) is 0 Å². The molecule has 0 atom stereocenters. The topological polar surface area (TPSA) is 0 Å². The summed E-state index contributed by atoms with van der Waals surface area (Å²) in [6.07, 6.45) is 0. The molecule has 8 heavy (non-hydrogen) atoms. The molecule has 0 saturated heterocycles. The summed E-state index contributed by atoms with van der Waals surface area (Å²) in [5.74, 6) is 0. The van der Waals surface area contributed by atoms with E-state index in [9.17, 15) is 0 Å². The first-order valence-electron chi connectivity index (χ1n) is 1.57. The molecule has 0 aromatic carbocycles. The van der Waals surface area contributed by atoms with E-state index in [0.29, 0.717) is 0 Å². The molecule has 0 radical (unpaired) electrons. The highest BCUT2D eigenvalue weighted by Crippen LogP contribution is 2.10. The second-order valence-electron chi connectivity index (χ2n) is 0.163. The van der Waals surface area contributed by atoms with Crippen LogP contribution in [0.3, 0.4) is 0 Å². The predicted octanol–water partition coefficient (Wildman–Crippen LogP) is 4.02. The van der Waals surface area contributed by atoms with Crippen molar-refractivity contribution in [2.24, 2.45) is 0 Å². The van der Waals surface area contributed by atoms with E-state index in [1.54, 1.807) is 0 Å². The Kier molecular flexibility index (Phi) is 124. The zero-order valence-corrected chi connectivity index (χ0v) is 7.13. The van der Waals surface area contributed by atoms with E-state index in [-0.39, 0.29) is 14.9 Å². The summed E-state index contributed by atoms with van der Waals surface area (Å²) >= 11 is 8.82. The Morgan fingerprint density at radius 2 is 1.00 bits per heavy atom. The van der Waals surface area contributed by atoms with Crippen LogP contribution in [0.1, 0.15) is 28.7 Å². The molecule has 0 aliphatic carbocycles. The van der Waals surface area contributed by atoms with Gasteiger partial charge in [-0.25, -0.2) is 0 Å². The quantitative estimate of drug-likeness (QED) is 0.570. The van der Waals surface area contributed by atoms with Crippen LogP contribution in [0.25, 0.3) is 0 Å². The van der Waals surface area contributed by atoms with Gasteiger partial charge in [-0.2, -0.15) is 0 Å². The highest BCUT2D eigenvalue weighted by atomic mass is 32.7. The molecule has 0 unspecified atom stereocenters. The van der Waals surface area contributed by atoms with Crippen LogP contribution < -0.4 is 0 Å². The molecule has 0 aromatic rings. The number of hydrogen-bond donors (Lipinski definition) is 0. The van der Waals surface area contributed by atoms with E-state index < -0.39 is 0 Å².